The molecule has 0 aliphatic carbocycles. The summed E-state index contributed by atoms with van der Waals surface area (Å²) in [7, 11) is 0. The first-order chi connectivity index (χ1) is 10.8. The number of carbonyl (C=O) groups excluding carboxylic acids is 2. The lowest BCUT2D eigenvalue weighted by Crippen LogP contribution is -2.38. The first-order valence-corrected chi connectivity index (χ1v) is 7.45. The molecule has 0 fully saturated rings. The van der Waals surface area contributed by atoms with E-state index in [1.807, 2.05) is 6.92 Å². The van der Waals surface area contributed by atoms with E-state index in [-0.39, 0.29) is 50.0 Å². The van der Waals surface area contributed by atoms with Crippen LogP contribution in [0.4, 0.5) is 0 Å². The molecule has 0 aliphatic heterocycles. The summed E-state index contributed by atoms with van der Waals surface area (Å²) in [6.45, 7) is 2.19. The molecule has 2 amide bonds. The van der Waals surface area contributed by atoms with Crippen LogP contribution >= 0.6 is 0 Å². The molecule has 0 spiro atoms. The molecule has 2 unspecified atom stereocenters. The van der Waals surface area contributed by atoms with Crippen molar-refractivity contribution in [3.8, 4) is 0 Å². The van der Waals surface area contributed by atoms with Gasteiger partial charge in [-0.15, -0.1) is 0 Å². The molecule has 0 saturated carbocycles. The maximum Gasteiger partial charge on any atom is 0.244 e. The second kappa shape index (κ2) is 12.4. The number of amidine groups is 1. The standard InChI is InChI=1S/C15H27N5O3/c1-2-3-4-5-14(22)20-10-12(21)8-11(16)9-15(23)19-7-6-13(17)18/h2-5,11-12,21H,6-10,16H2,1H3,(H3,17,18)(H,19,23)(H,20,22). The number of aliphatic hydroxyl groups is 1. The van der Waals surface area contributed by atoms with Gasteiger partial charge in [0.1, 0.15) is 0 Å². The summed E-state index contributed by atoms with van der Waals surface area (Å²) < 4.78 is 0. The Balaban J connectivity index is 3.91. The minimum absolute atomic E-state index is 0.00393. The molecule has 0 aromatic carbocycles. The smallest absolute Gasteiger partial charge is 0.244 e. The molecule has 0 saturated heterocycles. The van der Waals surface area contributed by atoms with Gasteiger partial charge in [0, 0.05) is 38.0 Å². The first kappa shape index (κ1) is 20.8. The Morgan fingerprint density at radius 2 is 2.00 bits per heavy atom. The molecule has 8 heteroatoms. The summed E-state index contributed by atoms with van der Waals surface area (Å²) in [5, 5.41) is 22.0. The van der Waals surface area contributed by atoms with Gasteiger partial charge in [-0.05, 0) is 13.3 Å². The summed E-state index contributed by atoms with van der Waals surface area (Å²) in [6.07, 6.45) is 6.18. The maximum atomic E-state index is 11.6. The second-order valence-corrected chi connectivity index (χ2v) is 5.11. The molecule has 0 aliphatic rings. The lowest BCUT2D eigenvalue weighted by atomic mass is 10.1. The highest BCUT2D eigenvalue weighted by Gasteiger charge is 2.14. The molecule has 2 atom stereocenters. The number of allylic oxidation sites excluding steroid dienone is 3. The van der Waals surface area contributed by atoms with Gasteiger partial charge in [0.2, 0.25) is 11.8 Å². The molecule has 8 N–H and O–H groups in total. The molecule has 23 heavy (non-hydrogen) atoms. The molecule has 0 rings (SSSR count). The number of nitrogens with one attached hydrogen (secondary N) is 3. The van der Waals surface area contributed by atoms with Crippen molar-refractivity contribution in [2.24, 2.45) is 11.5 Å². The number of carbonyl (C=O) groups is 2. The van der Waals surface area contributed by atoms with E-state index in [1.54, 1.807) is 18.2 Å². The molecular formula is C15H27N5O3. The van der Waals surface area contributed by atoms with Crippen LogP contribution in [0, 0.1) is 5.41 Å². The fraction of sp³-hybridized carbons (Fsp3) is 0.533. The quantitative estimate of drug-likeness (QED) is 0.126. The number of nitrogens with two attached hydrogens (primary N) is 2. The zero-order valence-corrected chi connectivity index (χ0v) is 13.4. The van der Waals surface area contributed by atoms with E-state index in [2.05, 4.69) is 10.6 Å². The maximum absolute atomic E-state index is 11.6. The Bertz CT molecular complexity index is 448. The van der Waals surface area contributed by atoms with Crippen LogP contribution < -0.4 is 22.1 Å². The Labute approximate surface area is 136 Å². The molecular weight excluding hydrogens is 298 g/mol. The molecule has 0 bridgehead atoms. The predicted octanol–water partition coefficient (Wildman–Crippen LogP) is -0.854. The van der Waals surface area contributed by atoms with Crippen molar-refractivity contribution < 1.29 is 14.7 Å². The highest BCUT2D eigenvalue weighted by molar-refractivity contribution is 5.87. The van der Waals surface area contributed by atoms with E-state index in [0.29, 0.717) is 0 Å². The summed E-state index contributed by atoms with van der Waals surface area (Å²) >= 11 is 0. The van der Waals surface area contributed by atoms with Crippen molar-refractivity contribution in [3.05, 3.63) is 24.3 Å². The van der Waals surface area contributed by atoms with Crippen molar-refractivity contribution in [1.29, 1.82) is 5.41 Å². The topological polar surface area (TPSA) is 154 Å². The third-order valence-corrected chi connectivity index (χ3v) is 2.80. The summed E-state index contributed by atoms with van der Waals surface area (Å²) in [5.74, 6) is -0.564. The normalized spacial score (nSPS) is 13.9. The van der Waals surface area contributed by atoms with Crippen molar-refractivity contribution in [3.63, 3.8) is 0 Å². The average Bonchev–Trinajstić information content (AvgIpc) is 2.44. The van der Waals surface area contributed by atoms with Crippen molar-refractivity contribution in [1.82, 2.24) is 10.6 Å². The van der Waals surface area contributed by atoms with E-state index >= 15 is 0 Å². The van der Waals surface area contributed by atoms with Gasteiger partial charge in [-0.25, -0.2) is 0 Å². The molecule has 0 aromatic rings. The predicted molar refractivity (Wildman–Crippen MR) is 89.7 cm³/mol. The highest BCUT2D eigenvalue weighted by atomic mass is 16.3. The van der Waals surface area contributed by atoms with E-state index in [0.717, 1.165) is 0 Å². The van der Waals surface area contributed by atoms with Crippen LogP contribution in [0.25, 0.3) is 0 Å². The van der Waals surface area contributed by atoms with Crippen LogP contribution in [0.1, 0.15) is 26.2 Å². The summed E-state index contributed by atoms with van der Waals surface area (Å²) in [4.78, 5) is 23.0. The van der Waals surface area contributed by atoms with Crippen molar-refractivity contribution >= 4 is 17.6 Å². The van der Waals surface area contributed by atoms with Crippen LogP contribution in [-0.2, 0) is 9.59 Å². The third-order valence-electron chi connectivity index (χ3n) is 2.80. The van der Waals surface area contributed by atoms with Crippen LogP contribution in [0.2, 0.25) is 0 Å². The number of aliphatic hydroxyl groups excluding tert-OH is 1. The number of rotatable bonds is 11. The van der Waals surface area contributed by atoms with Crippen LogP contribution in [0.5, 0.6) is 0 Å². The molecule has 0 radical (unpaired) electrons. The molecule has 0 heterocycles. The van der Waals surface area contributed by atoms with Gasteiger partial charge in [-0.1, -0.05) is 18.2 Å². The Kier molecular flexibility index (Phi) is 11.2. The van der Waals surface area contributed by atoms with Gasteiger partial charge in [-0.3, -0.25) is 15.0 Å². The van der Waals surface area contributed by atoms with Gasteiger partial charge < -0.3 is 27.2 Å². The summed E-state index contributed by atoms with van der Waals surface area (Å²) in [5.41, 5.74) is 11.0. The van der Waals surface area contributed by atoms with Crippen molar-refractivity contribution in [2.75, 3.05) is 13.1 Å². The summed E-state index contributed by atoms with van der Waals surface area (Å²) in [6, 6.07) is -0.516. The lowest BCUT2D eigenvalue weighted by molar-refractivity contribution is -0.121. The van der Waals surface area contributed by atoms with Gasteiger partial charge in [-0.2, -0.15) is 0 Å². The van der Waals surface area contributed by atoms with Gasteiger partial charge in [0.25, 0.3) is 0 Å². The van der Waals surface area contributed by atoms with Gasteiger partial charge >= 0.3 is 0 Å². The SMILES string of the molecule is CC=CC=CC(=O)NCC(O)CC(N)CC(=O)NCCC(=N)N. The highest BCUT2D eigenvalue weighted by Crippen LogP contribution is 2.00. The van der Waals surface area contributed by atoms with Crippen LogP contribution in [0.3, 0.4) is 0 Å². The Hall–Kier alpha value is -2.19. The zero-order valence-electron chi connectivity index (χ0n) is 13.4. The minimum atomic E-state index is -0.825. The molecule has 0 aromatic heterocycles. The lowest BCUT2D eigenvalue weighted by Gasteiger charge is -2.16. The first-order valence-electron chi connectivity index (χ1n) is 7.45. The third kappa shape index (κ3) is 13.2. The van der Waals surface area contributed by atoms with E-state index < -0.39 is 12.1 Å². The van der Waals surface area contributed by atoms with E-state index in [4.69, 9.17) is 16.9 Å². The minimum Gasteiger partial charge on any atom is -0.391 e. The number of hydrogen-bond donors (Lipinski definition) is 6. The Morgan fingerprint density at radius 3 is 2.61 bits per heavy atom. The average molecular weight is 325 g/mol. The van der Waals surface area contributed by atoms with Crippen molar-refractivity contribution in [2.45, 2.75) is 38.3 Å². The molecule has 130 valence electrons. The monoisotopic (exact) mass is 325 g/mol. The Morgan fingerprint density at radius 1 is 1.30 bits per heavy atom. The largest absolute Gasteiger partial charge is 0.391 e. The fourth-order valence-electron chi connectivity index (χ4n) is 1.69. The van der Waals surface area contributed by atoms with E-state index in [1.165, 1.54) is 6.08 Å². The molecule has 8 nitrogen and oxygen atoms in total. The number of amides is 2. The number of hydrogen-bond acceptors (Lipinski definition) is 5. The zero-order chi connectivity index (χ0) is 17.7. The second-order valence-electron chi connectivity index (χ2n) is 5.11. The van der Waals surface area contributed by atoms with Crippen LogP contribution in [0.15, 0.2) is 24.3 Å². The fourth-order valence-corrected chi connectivity index (χ4v) is 1.69. The van der Waals surface area contributed by atoms with Gasteiger partial charge in [0.05, 0.1) is 11.9 Å². The van der Waals surface area contributed by atoms with E-state index in [9.17, 15) is 14.7 Å². The van der Waals surface area contributed by atoms with Gasteiger partial charge in [0.15, 0.2) is 0 Å². The van der Waals surface area contributed by atoms with Crippen LogP contribution in [-0.4, -0.2) is 48.0 Å².